The molecule has 0 spiro atoms. The van der Waals surface area contributed by atoms with Gasteiger partial charge in [-0.2, -0.15) is 13.2 Å². The number of pyridine rings is 1. The average molecular weight is 460 g/mol. The lowest BCUT2D eigenvalue weighted by Crippen LogP contribution is -2.30. The number of alkyl halides is 3. The predicted octanol–water partition coefficient (Wildman–Crippen LogP) is 5.80. The first-order valence-corrected chi connectivity index (χ1v) is 10.8. The minimum Gasteiger partial charge on any atom is -0.805 e. The van der Waals surface area contributed by atoms with Crippen molar-refractivity contribution in [2.24, 2.45) is 0 Å². The molecule has 1 saturated heterocycles. The molecule has 32 heavy (non-hydrogen) atoms. The van der Waals surface area contributed by atoms with Crippen LogP contribution in [-0.2, 0) is 12.6 Å². The van der Waals surface area contributed by atoms with Crippen LogP contribution in [0.25, 0.3) is 16.6 Å². The van der Waals surface area contributed by atoms with Crippen LogP contribution >= 0.6 is 11.6 Å². The molecular weight excluding hydrogens is 441 g/mol. The molecule has 0 bridgehead atoms. The molecule has 0 saturated carbocycles. The molecular formula is C24H19ClF3N2O2-. The van der Waals surface area contributed by atoms with Crippen molar-refractivity contribution in [2.75, 3.05) is 13.1 Å². The summed E-state index contributed by atoms with van der Waals surface area (Å²) in [6.45, 7) is 1.52. The van der Waals surface area contributed by atoms with Gasteiger partial charge in [0.1, 0.15) is 0 Å². The Morgan fingerprint density at radius 1 is 1.03 bits per heavy atom. The van der Waals surface area contributed by atoms with Crippen LogP contribution < -0.4 is 5.43 Å². The lowest BCUT2D eigenvalue weighted by molar-refractivity contribution is -0.137. The van der Waals surface area contributed by atoms with E-state index in [-0.39, 0.29) is 28.7 Å². The number of halogens is 4. The summed E-state index contributed by atoms with van der Waals surface area (Å²) >= 11 is 6.08. The molecule has 2 heterocycles. The first-order chi connectivity index (χ1) is 15.2. The molecule has 166 valence electrons. The second kappa shape index (κ2) is 7.59. The molecule has 0 amide bonds. The summed E-state index contributed by atoms with van der Waals surface area (Å²) in [5, 5.41) is 13.9. The Morgan fingerprint density at radius 3 is 2.38 bits per heavy atom. The van der Waals surface area contributed by atoms with Gasteiger partial charge in [0.05, 0.1) is 11.1 Å². The number of benzene rings is 2. The Kier molecular flexibility index (Phi) is 4.97. The molecule has 5 rings (SSSR count). The van der Waals surface area contributed by atoms with Crippen molar-refractivity contribution in [2.45, 2.75) is 31.4 Å². The molecule has 1 aliphatic heterocycles. The highest BCUT2D eigenvalue weighted by Crippen LogP contribution is 2.38. The van der Waals surface area contributed by atoms with Gasteiger partial charge in [-0.05, 0) is 55.2 Å². The van der Waals surface area contributed by atoms with E-state index in [4.69, 9.17) is 11.6 Å². The topological polar surface area (TPSA) is 48.3 Å². The van der Waals surface area contributed by atoms with E-state index >= 15 is 0 Å². The number of likely N-dealkylation sites (tertiary alicyclic amines) is 1. The van der Waals surface area contributed by atoms with Crippen LogP contribution in [0, 0.1) is 5.21 Å². The Morgan fingerprint density at radius 2 is 1.72 bits per heavy atom. The van der Waals surface area contributed by atoms with Gasteiger partial charge in [0, 0.05) is 46.3 Å². The van der Waals surface area contributed by atoms with Crippen LogP contribution in [0.15, 0.2) is 53.3 Å². The number of fused-ring (bicyclic) bond motifs is 2. The third-order valence-corrected chi connectivity index (χ3v) is 6.56. The highest BCUT2D eigenvalue weighted by atomic mass is 35.5. The second-order valence-corrected chi connectivity index (χ2v) is 8.72. The van der Waals surface area contributed by atoms with E-state index in [0.717, 1.165) is 42.8 Å². The third kappa shape index (κ3) is 3.45. The molecule has 0 radical (unpaired) electrons. The fourth-order valence-corrected chi connectivity index (χ4v) is 4.90. The maximum atomic E-state index is 13.4. The lowest BCUT2D eigenvalue weighted by atomic mass is 9.84. The highest BCUT2D eigenvalue weighted by molar-refractivity contribution is 6.31. The van der Waals surface area contributed by atoms with Crippen LogP contribution in [0.1, 0.15) is 41.1 Å². The molecule has 4 nitrogen and oxygen atoms in total. The third-order valence-electron chi connectivity index (χ3n) is 6.32. The van der Waals surface area contributed by atoms with E-state index in [9.17, 15) is 23.2 Å². The summed E-state index contributed by atoms with van der Waals surface area (Å²) in [7, 11) is 0. The normalized spacial score (nSPS) is 18.7. The monoisotopic (exact) mass is 459 g/mol. The van der Waals surface area contributed by atoms with Crippen LogP contribution in [0.2, 0.25) is 5.02 Å². The Bertz CT molecular complexity index is 1290. The smallest absolute Gasteiger partial charge is 0.416 e. The van der Waals surface area contributed by atoms with Gasteiger partial charge in [0.15, 0.2) is 5.43 Å². The zero-order valence-electron chi connectivity index (χ0n) is 17.0. The van der Waals surface area contributed by atoms with Crippen molar-refractivity contribution in [3.05, 3.63) is 91.4 Å². The van der Waals surface area contributed by atoms with E-state index in [1.54, 1.807) is 6.07 Å². The standard InChI is InChI=1S/C24H19ClF3N2O2/c25-17-7-8-19-18(13-17)23(31)22-20(29-9-1-2-10-29)11-15(12-21(22)30(19)32)14-3-5-16(6-4-14)24(26,27)28/h3-8,11,13,15H,1-2,9-10,12H2/q-1. The summed E-state index contributed by atoms with van der Waals surface area (Å²) in [5.41, 5.74) is 1.36. The molecule has 0 N–H and O–H groups in total. The van der Waals surface area contributed by atoms with Gasteiger partial charge in [-0.3, -0.25) is 4.79 Å². The van der Waals surface area contributed by atoms with Crippen LogP contribution in [0.4, 0.5) is 13.2 Å². The first kappa shape index (κ1) is 20.9. The van der Waals surface area contributed by atoms with E-state index < -0.39 is 11.7 Å². The minimum atomic E-state index is -4.41. The number of aromatic nitrogens is 1. The van der Waals surface area contributed by atoms with Crippen LogP contribution in [0.3, 0.4) is 0 Å². The molecule has 1 unspecified atom stereocenters. The van der Waals surface area contributed by atoms with Crippen molar-refractivity contribution in [3.8, 4) is 0 Å². The molecule has 3 aromatic rings. The summed E-state index contributed by atoms with van der Waals surface area (Å²) in [5.74, 6) is -0.315. The van der Waals surface area contributed by atoms with Gasteiger partial charge in [-0.15, -0.1) is 0 Å². The molecule has 1 atom stereocenters. The van der Waals surface area contributed by atoms with Gasteiger partial charge in [0.25, 0.3) is 0 Å². The summed E-state index contributed by atoms with van der Waals surface area (Å²) in [4.78, 5) is 15.5. The summed E-state index contributed by atoms with van der Waals surface area (Å²) in [6, 6.07) is 9.62. The molecule has 2 aromatic carbocycles. The molecule has 2 aliphatic rings. The van der Waals surface area contributed by atoms with Gasteiger partial charge >= 0.3 is 6.18 Å². The predicted molar refractivity (Wildman–Crippen MR) is 119 cm³/mol. The quantitative estimate of drug-likeness (QED) is 0.487. The molecule has 1 aromatic heterocycles. The minimum absolute atomic E-state index is 0.231. The van der Waals surface area contributed by atoms with Crippen LogP contribution in [-0.4, -0.2) is 22.7 Å². The number of hydrogen-bond donors (Lipinski definition) is 0. The maximum absolute atomic E-state index is 13.4. The fourth-order valence-electron chi connectivity index (χ4n) is 4.73. The SMILES string of the molecule is O=c1c2c(n([O-])c3ccc(Cl)cc13)CC(c1ccc(C(F)(F)F)cc1)C=C2N1CCCC1. The number of nitrogens with zero attached hydrogens (tertiary/aromatic N) is 2. The summed E-state index contributed by atoms with van der Waals surface area (Å²) < 4.78 is 39.8. The number of allylic oxidation sites excluding steroid dienone is 1. The number of rotatable bonds is 2. The van der Waals surface area contributed by atoms with Crippen molar-refractivity contribution in [1.82, 2.24) is 9.63 Å². The lowest BCUT2D eigenvalue weighted by Gasteiger charge is -2.34. The van der Waals surface area contributed by atoms with E-state index in [1.807, 2.05) is 6.08 Å². The largest absolute Gasteiger partial charge is 0.805 e. The van der Waals surface area contributed by atoms with Crippen LogP contribution in [0.5, 0.6) is 0 Å². The van der Waals surface area contributed by atoms with Gasteiger partial charge < -0.3 is 14.8 Å². The van der Waals surface area contributed by atoms with Crippen molar-refractivity contribution < 1.29 is 13.2 Å². The van der Waals surface area contributed by atoms with Crippen molar-refractivity contribution in [1.29, 1.82) is 0 Å². The van der Waals surface area contributed by atoms with E-state index in [0.29, 0.717) is 27.5 Å². The summed E-state index contributed by atoms with van der Waals surface area (Å²) in [6.07, 6.45) is -0.307. The first-order valence-electron chi connectivity index (χ1n) is 10.4. The van der Waals surface area contributed by atoms with E-state index in [2.05, 4.69) is 4.90 Å². The Hall–Kier alpha value is -2.93. The molecule has 1 aliphatic carbocycles. The maximum Gasteiger partial charge on any atom is 0.416 e. The Balaban J connectivity index is 1.68. The highest BCUT2D eigenvalue weighted by Gasteiger charge is 2.32. The average Bonchev–Trinajstić information content (AvgIpc) is 3.31. The fraction of sp³-hybridized carbons (Fsp3) is 0.292. The molecule has 8 heteroatoms. The van der Waals surface area contributed by atoms with Gasteiger partial charge in [-0.25, -0.2) is 0 Å². The second-order valence-electron chi connectivity index (χ2n) is 8.28. The zero-order valence-corrected chi connectivity index (χ0v) is 17.7. The zero-order chi connectivity index (χ0) is 22.6. The number of hydrogen-bond acceptors (Lipinski definition) is 3. The Labute approximate surface area is 187 Å². The van der Waals surface area contributed by atoms with Crippen molar-refractivity contribution >= 4 is 28.2 Å². The van der Waals surface area contributed by atoms with Crippen molar-refractivity contribution in [3.63, 3.8) is 0 Å². The van der Waals surface area contributed by atoms with Gasteiger partial charge in [0.2, 0.25) is 0 Å². The molecule has 1 fully saturated rings. The van der Waals surface area contributed by atoms with E-state index in [1.165, 1.54) is 24.3 Å². The van der Waals surface area contributed by atoms with Gasteiger partial charge in [-0.1, -0.05) is 29.8 Å².